The van der Waals surface area contributed by atoms with Crippen molar-refractivity contribution in [3.05, 3.63) is 87.2 Å². The fraction of sp³-hybridized carbons (Fsp3) is 0.417. The Morgan fingerprint density at radius 3 is 2.40 bits per heavy atom. The van der Waals surface area contributed by atoms with Crippen LogP contribution in [-0.2, 0) is 11.4 Å². The monoisotopic (exact) mass is 406 g/mol. The molecule has 0 spiro atoms. The number of non-ortho nitro benzene ring substituents is 1. The first-order chi connectivity index (χ1) is 14.7. The number of aliphatic hydroxyl groups is 1. The Morgan fingerprint density at radius 1 is 1.03 bits per heavy atom. The number of nitro benzene ring substituents is 1. The lowest BCUT2D eigenvalue weighted by Crippen LogP contribution is -2.24. The quantitative estimate of drug-likeness (QED) is 0.572. The first-order valence-corrected chi connectivity index (χ1v) is 10.7. The van der Waals surface area contributed by atoms with Gasteiger partial charge in [0.15, 0.2) is 0 Å². The van der Waals surface area contributed by atoms with Crippen molar-refractivity contribution in [1.82, 2.24) is 5.06 Å². The highest BCUT2D eigenvalue weighted by Gasteiger charge is 2.50. The van der Waals surface area contributed by atoms with Gasteiger partial charge < -0.3 is 9.94 Å². The van der Waals surface area contributed by atoms with Gasteiger partial charge in [-0.3, -0.25) is 10.1 Å². The lowest BCUT2D eigenvalue weighted by molar-refractivity contribution is -0.384. The first kappa shape index (κ1) is 19.3. The molecular formula is C24H26N2O4. The van der Waals surface area contributed by atoms with Crippen molar-refractivity contribution >= 4 is 5.69 Å². The van der Waals surface area contributed by atoms with E-state index in [0.29, 0.717) is 24.3 Å². The molecule has 2 aliphatic carbocycles. The summed E-state index contributed by atoms with van der Waals surface area (Å²) >= 11 is 0. The molecule has 2 aromatic carbocycles. The second-order valence-electron chi connectivity index (χ2n) is 8.60. The van der Waals surface area contributed by atoms with Crippen LogP contribution in [0.2, 0.25) is 0 Å². The average molecular weight is 406 g/mol. The molecule has 6 nitrogen and oxygen atoms in total. The number of allylic oxidation sites excluding steroid dienone is 1. The van der Waals surface area contributed by atoms with Crippen LogP contribution in [-0.4, -0.2) is 21.7 Å². The second-order valence-corrected chi connectivity index (χ2v) is 8.60. The Kier molecular flexibility index (Phi) is 5.05. The zero-order valence-corrected chi connectivity index (χ0v) is 16.8. The second kappa shape index (κ2) is 7.85. The molecule has 4 unspecified atom stereocenters. The van der Waals surface area contributed by atoms with E-state index < -0.39 is 0 Å². The van der Waals surface area contributed by atoms with Crippen molar-refractivity contribution in [1.29, 1.82) is 0 Å². The fourth-order valence-electron chi connectivity index (χ4n) is 5.37. The number of hydrogen-bond acceptors (Lipinski definition) is 5. The van der Waals surface area contributed by atoms with Gasteiger partial charge in [0.25, 0.3) is 5.69 Å². The summed E-state index contributed by atoms with van der Waals surface area (Å²) in [7, 11) is 0. The summed E-state index contributed by atoms with van der Waals surface area (Å²) in [6.07, 6.45) is 3.96. The summed E-state index contributed by atoms with van der Waals surface area (Å²) in [5, 5.41) is 22.7. The molecule has 0 bridgehead atoms. The number of hydroxylamine groups is 2. The average Bonchev–Trinajstić information content (AvgIpc) is 3.32. The number of nitro groups is 1. The normalized spacial score (nSPS) is 28.2. The van der Waals surface area contributed by atoms with E-state index in [1.165, 1.54) is 11.1 Å². The van der Waals surface area contributed by atoms with Crippen molar-refractivity contribution in [3.63, 3.8) is 0 Å². The van der Waals surface area contributed by atoms with Crippen LogP contribution >= 0.6 is 0 Å². The van der Waals surface area contributed by atoms with Crippen LogP contribution < -0.4 is 0 Å². The minimum atomic E-state index is -0.362. The molecule has 1 aliphatic heterocycles. The standard InChI is InChI=1S/C24H26N2O4/c27-15-22-19-10-11-21-23(13-12-20(19)22)30-25(14-16-4-2-1-3-5-16)24(21)17-6-8-18(9-7-17)26(28)29/h1-9,19-20,22,24,27H,10-15H2. The number of benzene rings is 2. The first-order valence-electron chi connectivity index (χ1n) is 10.7. The minimum Gasteiger partial charge on any atom is -0.409 e. The highest BCUT2D eigenvalue weighted by Crippen LogP contribution is 2.56. The Morgan fingerprint density at radius 2 is 1.73 bits per heavy atom. The van der Waals surface area contributed by atoms with Crippen molar-refractivity contribution in [3.8, 4) is 0 Å². The number of nitrogens with zero attached hydrogens (tertiary/aromatic N) is 2. The van der Waals surface area contributed by atoms with Gasteiger partial charge in [-0.2, -0.15) is 0 Å². The summed E-state index contributed by atoms with van der Waals surface area (Å²) in [6, 6.07) is 17.1. The molecule has 0 radical (unpaired) electrons. The molecule has 30 heavy (non-hydrogen) atoms. The van der Waals surface area contributed by atoms with Gasteiger partial charge in [-0.05, 0) is 53.7 Å². The molecule has 156 valence electrons. The minimum absolute atomic E-state index is 0.0381. The van der Waals surface area contributed by atoms with Crippen molar-refractivity contribution < 1.29 is 14.9 Å². The van der Waals surface area contributed by atoms with Crippen LogP contribution in [0.25, 0.3) is 0 Å². The zero-order valence-electron chi connectivity index (χ0n) is 16.8. The number of fused-ring (bicyclic) bond motifs is 1. The van der Waals surface area contributed by atoms with Crippen LogP contribution in [0.4, 0.5) is 5.69 Å². The van der Waals surface area contributed by atoms with Crippen LogP contribution in [0.1, 0.15) is 42.9 Å². The predicted molar refractivity (Wildman–Crippen MR) is 112 cm³/mol. The highest BCUT2D eigenvalue weighted by atomic mass is 16.7. The molecule has 0 saturated heterocycles. The van der Waals surface area contributed by atoms with Crippen LogP contribution in [0.5, 0.6) is 0 Å². The van der Waals surface area contributed by atoms with E-state index in [9.17, 15) is 15.2 Å². The maximum atomic E-state index is 11.1. The van der Waals surface area contributed by atoms with Gasteiger partial charge in [-0.1, -0.05) is 42.5 Å². The molecule has 1 N–H and O–H groups in total. The van der Waals surface area contributed by atoms with E-state index in [0.717, 1.165) is 37.0 Å². The zero-order chi connectivity index (χ0) is 20.7. The van der Waals surface area contributed by atoms with E-state index in [4.69, 9.17) is 4.84 Å². The Hall–Kier alpha value is -2.70. The van der Waals surface area contributed by atoms with Gasteiger partial charge in [0, 0.05) is 25.2 Å². The molecule has 6 heteroatoms. The highest BCUT2D eigenvalue weighted by molar-refractivity contribution is 5.39. The van der Waals surface area contributed by atoms with E-state index >= 15 is 0 Å². The SMILES string of the molecule is O=[N+]([O-])c1ccc(C2C3=C(CCC4C(CO)C4CC3)ON2Cc2ccccc2)cc1. The third-order valence-electron chi connectivity index (χ3n) is 6.98. The van der Waals surface area contributed by atoms with Crippen molar-refractivity contribution in [2.24, 2.45) is 17.8 Å². The maximum absolute atomic E-state index is 11.1. The summed E-state index contributed by atoms with van der Waals surface area (Å²) in [6.45, 7) is 0.939. The van der Waals surface area contributed by atoms with Crippen molar-refractivity contribution in [2.75, 3.05) is 6.61 Å². The van der Waals surface area contributed by atoms with Gasteiger partial charge in [0.2, 0.25) is 0 Å². The van der Waals surface area contributed by atoms with Crippen LogP contribution in [0.15, 0.2) is 65.9 Å². The third kappa shape index (κ3) is 3.50. The van der Waals surface area contributed by atoms with Gasteiger partial charge in [0.05, 0.1) is 17.5 Å². The molecule has 1 saturated carbocycles. The Bertz CT molecular complexity index is 957. The van der Waals surface area contributed by atoms with Gasteiger partial charge >= 0.3 is 0 Å². The van der Waals surface area contributed by atoms with E-state index in [1.807, 2.05) is 35.4 Å². The molecule has 3 aliphatic rings. The van der Waals surface area contributed by atoms with Gasteiger partial charge in [-0.25, -0.2) is 0 Å². The molecule has 4 atom stereocenters. The van der Waals surface area contributed by atoms with Gasteiger partial charge in [0.1, 0.15) is 5.76 Å². The van der Waals surface area contributed by atoms with Crippen molar-refractivity contribution in [2.45, 2.75) is 38.3 Å². The maximum Gasteiger partial charge on any atom is 0.269 e. The summed E-state index contributed by atoms with van der Waals surface area (Å²) in [5.41, 5.74) is 3.59. The Balaban J connectivity index is 1.45. The molecule has 1 fully saturated rings. The molecule has 0 aromatic heterocycles. The molecule has 2 aromatic rings. The van der Waals surface area contributed by atoms with E-state index in [-0.39, 0.29) is 23.3 Å². The fourth-order valence-corrected chi connectivity index (χ4v) is 5.37. The smallest absolute Gasteiger partial charge is 0.269 e. The topological polar surface area (TPSA) is 75.8 Å². The lowest BCUT2D eigenvalue weighted by atomic mass is 9.90. The van der Waals surface area contributed by atoms with Crippen LogP contribution in [0.3, 0.4) is 0 Å². The van der Waals surface area contributed by atoms with Gasteiger partial charge in [-0.15, -0.1) is 5.06 Å². The van der Waals surface area contributed by atoms with E-state index in [1.54, 1.807) is 12.1 Å². The van der Waals surface area contributed by atoms with Crippen LogP contribution in [0, 0.1) is 27.9 Å². The molecule has 0 amide bonds. The summed E-state index contributed by atoms with van der Waals surface area (Å²) in [5.74, 6) is 2.73. The largest absolute Gasteiger partial charge is 0.409 e. The molecule has 5 rings (SSSR count). The van der Waals surface area contributed by atoms with E-state index in [2.05, 4.69) is 12.1 Å². The summed E-state index contributed by atoms with van der Waals surface area (Å²) in [4.78, 5) is 17.1. The molecular weight excluding hydrogens is 380 g/mol. The Labute approximate surface area is 175 Å². The lowest BCUT2D eigenvalue weighted by Gasteiger charge is -2.25. The predicted octanol–water partition coefficient (Wildman–Crippen LogP) is 4.77. The molecule has 1 heterocycles. The summed E-state index contributed by atoms with van der Waals surface area (Å²) < 4.78 is 0. The number of hydrogen-bond donors (Lipinski definition) is 1. The number of rotatable bonds is 5. The third-order valence-corrected chi connectivity index (χ3v) is 6.98. The number of aliphatic hydroxyl groups excluding tert-OH is 1.